The van der Waals surface area contributed by atoms with Crippen LogP contribution >= 0.6 is 0 Å². The van der Waals surface area contributed by atoms with Crippen LogP contribution in [-0.4, -0.2) is 10.1 Å². The van der Waals surface area contributed by atoms with Crippen molar-refractivity contribution in [1.29, 1.82) is 0 Å². The lowest BCUT2D eigenvalue weighted by molar-refractivity contribution is 0.475. The maximum atomic E-state index is 9.74. The van der Waals surface area contributed by atoms with E-state index < -0.39 is 0 Å². The first-order chi connectivity index (χ1) is 11.7. The van der Waals surface area contributed by atoms with Crippen LogP contribution in [0.2, 0.25) is 0 Å². The zero-order valence-electron chi connectivity index (χ0n) is 13.3. The van der Waals surface area contributed by atoms with Crippen molar-refractivity contribution in [3.63, 3.8) is 0 Å². The molecule has 0 aliphatic heterocycles. The molecule has 4 aromatic rings. The van der Waals surface area contributed by atoms with Gasteiger partial charge in [0.2, 0.25) is 0 Å². The summed E-state index contributed by atoms with van der Waals surface area (Å²) in [6.45, 7) is 2.06. The summed E-state index contributed by atoms with van der Waals surface area (Å²) in [5, 5.41) is 14.4. The number of hydrogen-bond donors (Lipinski definition) is 3. The average molecular weight is 318 g/mol. The first-order valence-electron chi connectivity index (χ1n) is 7.88. The van der Waals surface area contributed by atoms with E-state index in [-0.39, 0.29) is 11.8 Å². The minimum Gasteiger partial charge on any atom is -0.508 e. The quantitative estimate of drug-likeness (QED) is 0.497. The Kier molecular flexibility index (Phi) is 3.50. The zero-order chi connectivity index (χ0) is 16.5. The largest absolute Gasteiger partial charge is 0.508 e. The molecule has 120 valence electrons. The average Bonchev–Trinajstić information content (AvgIpc) is 3.20. The molecule has 0 radical (unpaired) electrons. The van der Waals surface area contributed by atoms with Gasteiger partial charge < -0.3 is 19.8 Å². The van der Waals surface area contributed by atoms with Crippen LogP contribution in [0.5, 0.6) is 5.75 Å². The maximum Gasteiger partial charge on any atom is 0.130 e. The number of H-pyrrole nitrogens is 1. The highest BCUT2D eigenvalue weighted by atomic mass is 16.3. The van der Waals surface area contributed by atoms with E-state index in [0.29, 0.717) is 0 Å². The van der Waals surface area contributed by atoms with E-state index in [9.17, 15) is 5.11 Å². The molecule has 0 spiro atoms. The predicted molar refractivity (Wildman–Crippen MR) is 95.3 cm³/mol. The number of aromatic nitrogens is 1. The molecule has 0 saturated heterocycles. The van der Waals surface area contributed by atoms with Gasteiger partial charge in [-0.15, -0.1) is 0 Å². The van der Waals surface area contributed by atoms with Crippen molar-refractivity contribution in [3.8, 4) is 5.75 Å². The molecule has 0 aliphatic rings. The molecule has 4 heteroatoms. The Morgan fingerprint density at radius 2 is 1.92 bits per heavy atom. The maximum absolute atomic E-state index is 9.74. The van der Waals surface area contributed by atoms with Crippen molar-refractivity contribution in [3.05, 3.63) is 83.9 Å². The van der Waals surface area contributed by atoms with Crippen molar-refractivity contribution >= 4 is 16.6 Å². The molecule has 0 aliphatic carbocycles. The van der Waals surface area contributed by atoms with Crippen LogP contribution in [-0.2, 0) is 0 Å². The van der Waals surface area contributed by atoms with E-state index in [0.717, 1.165) is 33.6 Å². The third kappa shape index (κ3) is 2.52. The number of rotatable bonds is 4. The molecule has 0 bridgehead atoms. The van der Waals surface area contributed by atoms with Crippen LogP contribution in [0.3, 0.4) is 0 Å². The third-order valence-electron chi connectivity index (χ3n) is 4.22. The lowest BCUT2D eigenvalue weighted by Gasteiger charge is -2.19. The number of aromatic hydroxyl groups is 1. The molecule has 0 amide bonds. The lowest BCUT2D eigenvalue weighted by atomic mass is 10.0. The number of nitrogens with one attached hydrogen (secondary N) is 2. The number of furan rings is 1. The first-order valence-corrected chi connectivity index (χ1v) is 7.88. The van der Waals surface area contributed by atoms with E-state index in [1.54, 1.807) is 18.4 Å². The predicted octanol–water partition coefficient (Wildman–Crippen LogP) is 4.98. The van der Waals surface area contributed by atoms with Crippen LogP contribution in [0.15, 0.2) is 71.3 Å². The van der Waals surface area contributed by atoms with Crippen molar-refractivity contribution < 1.29 is 9.52 Å². The second-order valence-corrected chi connectivity index (χ2v) is 5.85. The van der Waals surface area contributed by atoms with Crippen molar-refractivity contribution in [2.45, 2.75) is 13.0 Å². The van der Waals surface area contributed by atoms with Crippen molar-refractivity contribution in [1.82, 2.24) is 4.98 Å². The molecule has 0 fully saturated rings. The number of fused-ring (bicyclic) bond motifs is 1. The fourth-order valence-electron chi connectivity index (χ4n) is 3.17. The molecule has 1 unspecified atom stereocenters. The molecular weight excluding hydrogens is 300 g/mol. The topological polar surface area (TPSA) is 61.2 Å². The summed E-state index contributed by atoms with van der Waals surface area (Å²) in [6, 6.07) is 19.0. The fourth-order valence-corrected chi connectivity index (χ4v) is 3.17. The van der Waals surface area contributed by atoms with E-state index in [1.165, 1.54) is 0 Å². The molecule has 0 saturated carbocycles. The van der Waals surface area contributed by atoms with Crippen LogP contribution in [0, 0.1) is 6.92 Å². The van der Waals surface area contributed by atoms with Gasteiger partial charge in [0.1, 0.15) is 17.6 Å². The van der Waals surface area contributed by atoms with Gasteiger partial charge in [-0.3, -0.25) is 0 Å². The molecule has 2 heterocycles. The highest BCUT2D eigenvalue weighted by Gasteiger charge is 2.23. The number of phenolic OH excluding ortho intramolecular Hbond substituents is 1. The second-order valence-electron chi connectivity index (χ2n) is 5.85. The number of hydrogen-bond acceptors (Lipinski definition) is 3. The van der Waals surface area contributed by atoms with Gasteiger partial charge in [-0.05, 0) is 37.3 Å². The summed E-state index contributed by atoms with van der Waals surface area (Å²) in [4.78, 5) is 3.44. The Labute approximate surface area is 139 Å². The molecule has 2 aromatic carbocycles. The van der Waals surface area contributed by atoms with Gasteiger partial charge in [0.05, 0.1) is 6.26 Å². The van der Waals surface area contributed by atoms with E-state index in [2.05, 4.69) is 29.4 Å². The summed E-state index contributed by atoms with van der Waals surface area (Å²) in [7, 11) is 0. The SMILES string of the molecule is Cc1[nH]c2ccccc2c1C(Nc1cccc(O)c1)c1ccco1. The Morgan fingerprint density at radius 3 is 2.71 bits per heavy atom. The molecular formula is C20H18N2O2. The molecule has 2 aromatic heterocycles. The number of aromatic amines is 1. The Balaban J connectivity index is 1.85. The normalized spacial score (nSPS) is 12.4. The molecule has 24 heavy (non-hydrogen) atoms. The molecule has 4 rings (SSSR count). The van der Waals surface area contributed by atoms with Gasteiger partial charge in [-0.2, -0.15) is 0 Å². The van der Waals surface area contributed by atoms with E-state index >= 15 is 0 Å². The second kappa shape index (κ2) is 5.81. The minimum absolute atomic E-state index is 0.155. The van der Waals surface area contributed by atoms with Crippen molar-refractivity contribution in [2.24, 2.45) is 0 Å². The standard InChI is InChI=1S/C20H18N2O2/c1-13-19(16-8-2-3-9-17(16)21-13)20(18-10-5-11-24-18)22-14-6-4-7-15(23)12-14/h2-12,20-23H,1H3. The first kappa shape index (κ1) is 14.5. The highest BCUT2D eigenvalue weighted by molar-refractivity contribution is 5.86. The van der Waals surface area contributed by atoms with Crippen LogP contribution < -0.4 is 5.32 Å². The van der Waals surface area contributed by atoms with Crippen LogP contribution in [0.4, 0.5) is 5.69 Å². The van der Waals surface area contributed by atoms with Crippen LogP contribution in [0.25, 0.3) is 10.9 Å². The van der Waals surface area contributed by atoms with E-state index in [4.69, 9.17) is 4.42 Å². The van der Waals surface area contributed by atoms with Crippen molar-refractivity contribution in [2.75, 3.05) is 5.32 Å². The summed E-state index contributed by atoms with van der Waals surface area (Å²) < 4.78 is 5.69. The van der Waals surface area contributed by atoms with E-state index in [1.807, 2.05) is 36.4 Å². The van der Waals surface area contributed by atoms with Gasteiger partial charge in [0, 0.05) is 33.9 Å². The van der Waals surface area contributed by atoms with Gasteiger partial charge in [-0.1, -0.05) is 24.3 Å². The van der Waals surface area contributed by atoms with Gasteiger partial charge in [0.15, 0.2) is 0 Å². The fraction of sp³-hybridized carbons (Fsp3) is 0.100. The third-order valence-corrected chi connectivity index (χ3v) is 4.22. The smallest absolute Gasteiger partial charge is 0.130 e. The van der Waals surface area contributed by atoms with Gasteiger partial charge in [0.25, 0.3) is 0 Å². The highest BCUT2D eigenvalue weighted by Crippen LogP contribution is 2.35. The number of anilines is 1. The Bertz CT molecular complexity index is 970. The summed E-state index contributed by atoms with van der Waals surface area (Å²) >= 11 is 0. The monoisotopic (exact) mass is 318 g/mol. The van der Waals surface area contributed by atoms with Gasteiger partial charge >= 0.3 is 0 Å². The lowest BCUT2D eigenvalue weighted by Crippen LogP contribution is -2.12. The molecule has 1 atom stereocenters. The summed E-state index contributed by atoms with van der Waals surface area (Å²) in [5.41, 5.74) is 4.16. The number of phenols is 1. The van der Waals surface area contributed by atoms with Gasteiger partial charge in [-0.25, -0.2) is 0 Å². The number of benzene rings is 2. The number of aryl methyl sites for hydroxylation is 1. The Morgan fingerprint density at radius 1 is 1.04 bits per heavy atom. The molecule has 4 nitrogen and oxygen atoms in total. The summed E-state index contributed by atoms with van der Waals surface area (Å²) in [5.74, 6) is 1.06. The van der Waals surface area contributed by atoms with Crippen LogP contribution in [0.1, 0.15) is 23.1 Å². The summed E-state index contributed by atoms with van der Waals surface area (Å²) in [6.07, 6.45) is 1.68. The zero-order valence-corrected chi connectivity index (χ0v) is 13.3. The minimum atomic E-state index is -0.155. The Hall–Kier alpha value is -3.14. The number of para-hydroxylation sites is 1. The molecule has 3 N–H and O–H groups in total.